The van der Waals surface area contributed by atoms with E-state index in [1.807, 2.05) is 0 Å². The summed E-state index contributed by atoms with van der Waals surface area (Å²) in [5, 5.41) is 9.31. The molecule has 20 heavy (non-hydrogen) atoms. The summed E-state index contributed by atoms with van der Waals surface area (Å²) in [6, 6.07) is -0.730. The maximum atomic E-state index is 11.7. The number of imidazole rings is 1. The quantitative estimate of drug-likeness (QED) is 0.866. The predicted molar refractivity (Wildman–Crippen MR) is 73.2 cm³/mol. The highest BCUT2D eigenvalue weighted by molar-refractivity contribution is 7.91. The van der Waals surface area contributed by atoms with E-state index in [0.717, 1.165) is 25.7 Å². The largest absolute Gasteiger partial charge is 0.480 e. The van der Waals surface area contributed by atoms with Gasteiger partial charge in [-0.1, -0.05) is 32.6 Å². The molecule has 0 amide bonds. The Labute approximate surface area is 118 Å². The molecule has 1 aliphatic rings. The molecule has 1 fully saturated rings. The lowest BCUT2D eigenvalue weighted by Crippen LogP contribution is -2.20. The topological polar surface area (TPSA) is 89.3 Å². The second-order valence-corrected chi connectivity index (χ2v) is 7.53. The van der Waals surface area contributed by atoms with E-state index in [9.17, 15) is 18.3 Å². The first-order valence-corrected chi connectivity index (χ1v) is 8.58. The number of nitrogens with zero attached hydrogens (tertiary/aromatic N) is 2. The van der Waals surface area contributed by atoms with Crippen LogP contribution < -0.4 is 0 Å². The Bertz CT molecular complexity index is 573. The highest BCUT2D eigenvalue weighted by Crippen LogP contribution is 2.32. The zero-order valence-corrected chi connectivity index (χ0v) is 12.3. The molecule has 0 aromatic carbocycles. The minimum Gasteiger partial charge on any atom is -0.480 e. The highest BCUT2D eigenvalue weighted by atomic mass is 32.2. The Balaban J connectivity index is 2.19. The third kappa shape index (κ3) is 3.20. The zero-order valence-electron chi connectivity index (χ0n) is 11.5. The lowest BCUT2D eigenvalue weighted by molar-refractivity contribution is -0.141. The van der Waals surface area contributed by atoms with Crippen molar-refractivity contribution in [3.63, 3.8) is 0 Å². The average Bonchev–Trinajstić information content (AvgIpc) is 3.07. The molecular weight excluding hydrogens is 280 g/mol. The van der Waals surface area contributed by atoms with Gasteiger partial charge in [-0.3, -0.25) is 0 Å². The third-order valence-electron chi connectivity index (χ3n) is 3.95. The van der Waals surface area contributed by atoms with Crippen LogP contribution in [-0.4, -0.2) is 34.8 Å². The van der Waals surface area contributed by atoms with Crippen molar-refractivity contribution in [1.82, 2.24) is 9.55 Å². The molecule has 7 heteroatoms. The van der Waals surface area contributed by atoms with Crippen LogP contribution in [0.5, 0.6) is 0 Å². The summed E-state index contributed by atoms with van der Waals surface area (Å²) in [4.78, 5) is 15.3. The lowest BCUT2D eigenvalue weighted by atomic mass is 9.98. The first kappa shape index (κ1) is 15.0. The van der Waals surface area contributed by atoms with Gasteiger partial charge in [-0.25, -0.2) is 18.2 Å². The summed E-state index contributed by atoms with van der Waals surface area (Å²) in [6.07, 6.45) is 7.60. The van der Waals surface area contributed by atoms with Crippen LogP contribution in [0.3, 0.4) is 0 Å². The van der Waals surface area contributed by atoms with Crippen molar-refractivity contribution in [1.29, 1.82) is 0 Å². The number of sulfone groups is 1. The normalized spacial score (nSPS) is 18.2. The number of carboxylic acid groups (broad SMARTS) is 1. The van der Waals surface area contributed by atoms with Crippen LogP contribution in [0.4, 0.5) is 0 Å². The molecule has 0 unspecified atom stereocenters. The second-order valence-electron chi connectivity index (χ2n) is 5.30. The van der Waals surface area contributed by atoms with Crippen LogP contribution in [0.2, 0.25) is 0 Å². The van der Waals surface area contributed by atoms with E-state index in [0.29, 0.717) is 12.3 Å². The molecule has 0 spiro atoms. The first-order chi connectivity index (χ1) is 9.44. The molecule has 1 atom stereocenters. The number of aliphatic carboxylic acids is 1. The minimum absolute atomic E-state index is 0.0373. The summed E-state index contributed by atoms with van der Waals surface area (Å²) < 4.78 is 24.9. The summed E-state index contributed by atoms with van der Waals surface area (Å²) in [6.45, 7) is 1.54. The van der Waals surface area contributed by atoms with Gasteiger partial charge in [0, 0.05) is 6.20 Å². The van der Waals surface area contributed by atoms with Crippen molar-refractivity contribution in [2.45, 2.75) is 50.1 Å². The molecule has 0 saturated heterocycles. The van der Waals surface area contributed by atoms with Gasteiger partial charge in [0.05, 0.1) is 12.1 Å². The number of rotatable bonds is 6. The Hall–Kier alpha value is -1.37. The van der Waals surface area contributed by atoms with Crippen molar-refractivity contribution in [2.24, 2.45) is 5.92 Å². The maximum Gasteiger partial charge on any atom is 0.326 e. The third-order valence-corrected chi connectivity index (χ3v) is 5.56. The van der Waals surface area contributed by atoms with Gasteiger partial charge in [0.2, 0.25) is 0 Å². The Kier molecular flexibility index (Phi) is 4.47. The van der Waals surface area contributed by atoms with Crippen molar-refractivity contribution in [3.8, 4) is 0 Å². The van der Waals surface area contributed by atoms with E-state index in [4.69, 9.17) is 0 Å². The zero-order chi connectivity index (χ0) is 14.8. The highest BCUT2D eigenvalue weighted by Gasteiger charge is 2.27. The van der Waals surface area contributed by atoms with Gasteiger partial charge in [-0.2, -0.15) is 0 Å². The first-order valence-electron chi connectivity index (χ1n) is 6.93. The Morgan fingerprint density at radius 3 is 2.70 bits per heavy atom. The molecule has 1 N–H and O–H groups in total. The standard InChI is InChI=1S/C13H20N2O4S/c1-2-20(18,19)12-8-15(9-14-12)11(13(16)17)7-10-5-3-4-6-10/h8-11H,2-7H2,1H3,(H,16,17)/t11-/m0/s1. The summed E-state index contributed by atoms with van der Waals surface area (Å²) >= 11 is 0. The van der Waals surface area contributed by atoms with E-state index in [1.165, 1.54) is 17.1 Å². The number of aromatic nitrogens is 2. The molecule has 1 aliphatic carbocycles. The van der Waals surface area contributed by atoms with Crippen LogP contribution in [0, 0.1) is 5.92 Å². The molecule has 112 valence electrons. The molecule has 1 heterocycles. The van der Waals surface area contributed by atoms with Crippen LogP contribution in [0.1, 0.15) is 45.1 Å². The summed E-state index contributed by atoms with van der Waals surface area (Å²) in [5.41, 5.74) is 0. The fraction of sp³-hybridized carbons (Fsp3) is 0.692. The molecule has 6 nitrogen and oxygen atoms in total. The number of hydrogen-bond acceptors (Lipinski definition) is 4. The van der Waals surface area contributed by atoms with Crippen LogP contribution >= 0.6 is 0 Å². The smallest absolute Gasteiger partial charge is 0.326 e. The van der Waals surface area contributed by atoms with Crippen molar-refractivity contribution >= 4 is 15.8 Å². The molecule has 0 aliphatic heterocycles. The fourth-order valence-corrected chi connectivity index (χ4v) is 3.49. The number of carboxylic acids is 1. The summed E-state index contributed by atoms with van der Waals surface area (Å²) in [7, 11) is -3.39. The monoisotopic (exact) mass is 300 g/mol. The predicted octanol–water partition coefficient (Wildman–Crippen LogP) is 1.88. The van der Waals surface area contributed by atoms with Gasteiger partial charge in [-0.05, 0) is 12.3 Å². The second kappa shape index (κ2) is 5.95. The van der Waals surface area contributed by atoms with Gasteiger partial charge < -0.3 is 9.67 Å². The van der Waals surface area contributed by atoms with Gasteiger partial charge in [0.15, 0.2) is 14.9 Å². The van der Waals surface area contributed by atoms with Crippen molar-refractivity contribution in [2.75, 3.05) is 5.75 Å². The molecule has 2 rings (SSSR count). The lowest BCUT2D eigenvalue weighted by Gasteiger charge is -2.17. The fourth-order valence-electron chi connectivity index (χ4n) is 2.71. The average molecular weight is 300 g/mol. The van der Waals surface area contributed by atoms with Crippen molar-refractivity contribution < 1.29 is 18.3 Å². The van der Waals surface area contributed by atoms with E-state index in [2.05, 4.69) is 4.98 Å². The minimum atomic E-state index is -3.39. The Morgan fingerprint density at radius 1 is 1.50 bits per heavy atom. The van der Waals surface area contributed by atoms with Crippen LogP contribution in [0.25, 0.3) is 0 Å². The molecule has 1 aromatic heterocycles. The molecule has 1 aromatic rings. The van der Waals surface area contributed by atoms with Gasteiger partial charge in [-0.15, -0.1) is 0 Å². The van der Waals surface area contributed by atoms with Crippen LogP contribution in [0.15, 0.2) is 17.6 Å². The van der Waals surface area contributed by atoms with Gasteiger partial charge in [0.25, 0.3) is 0 Å². The van der Waals surface area contributed by atoms with E-state index < -0.39 is 21.8 Å². The van der Waals surface area contributed by atoms with E-state index >= 15 is 0 Å². The molecular formula is C13H20N2O4S. The SMILES string of the molecule is CCS(=O)(=O)c1cn([C@@H](CC2CCCC2)C(=O)O)cn1. The molecule has 1 saturated carbocycles. The van der Waals surface area contributed by atoms with Gasteiger partial charge in [0.1, 0.15) is 6.04 Å². The van der Waals surface area contributed by atoms with E-state index in [1.54, 1.807) is 6.92 Å². The number of hydrogen-bond donors (Lipinski definition) is 1. The van der Waals surface area contributed by atoms with E-state index in [-0.39, 0.29) is 10.8 Å². The van der Waals surface area contributed by atoms with Gasteiger partial charge >= 0.3 is 5.97 Å². The molecule has 0 radical (unpaired) electrons. The Morgan fingerprint density at radius 2 is 2.15 bits per heavy atom. The number of carbonyl (C=O) groups is 1. The summed E-state index contributed by atoms with van der Waals surface area (Å²) in [5.74, 6) is -0.566. The maximum absolute atomic E-state index is 11.7. The van der Waals surface area contributed by atoms with Crippen LogP contribution in [-0.2, 0) is 14.6 Å². The molecule has 0 bridgehead atoms. The van der Waals surface area contributed by atoms with Crippen molar-refractivity contribution in [3.05, 3.63) is 12.5 Å².